The second kappa shape index (κ2) is 24.2. The van der Waals surface area contributed by atoms with Crippen molar-refractivity contribution >= 4 is 46.7 Å². The average molecular weight is 1030 g/mol. The van der Waals surface area contributed by atoms with Crippen LogP contribution in [0.25, 0.3) is 0 Å². The van der Waals surface area contributed by atoms with Crippen LogP contribution in [0.4, 0.5) is 10.5 Å². The van der Waals surface area contributed by atoms with E-state index in [1.54, 1.807) is 24.3 Å². The van der Waals surface area contributed by atoms with Crippen molar-refractivity contribution in [1.82, 2.24) is 10.6 Å². The second-order valence-electron chi connectivity index (χ2n) is 18.7. The predicted octanol–water partition coefficient (Wildman–Crippen LogP) is 3.36. The zero-order chi connectivity index (χ0) is 54.1. The highest BCUT2D eigenvalue weighted by Gasteiger charge is 2.54. The number of unbranched alkanes of at least 4 members (excludes halogenated alkanes) is 1. The Bertz CT molecular complexity index is 2870. The van der Waals surface area contributed by atoms with E-state index < -0.39 is 130 Å². The summed E-state index contributed by atoms with van der Waals surface area (Å²) in [5.74, 6) is -4.60. The number of aromatic hydroxyl groups is 2. The third-order valence-corrected chi connectivity index (χ3v) is 13.8. The van der Waals surface area contributed by atoms with Gasteiger partial charge in [-0.3, -0.25) is 28.8 Å². The van der Waals surface area contributed by atoms with Gasteiger partial charge in [-0.2, -0.15) is 0 Å². The number of phenolic OH excluding ortho intramolecular Hbond substituents is 2. The Morgan fingerprint density at radius 1 is 0.933 bits per heavy atom. The van der Waals surface area contributed by atoms with E-state index in [1.165, 1.54) is 32.2 Å². The third kappa shape index (κ3) is 11.9. The van der Waals surface area contributed by atoms with Crippen molar-refractivity contribution in [2.45, 2.75) is 114 Å². The minimum absolute atomic E-state index is 0.00745. The maximum atomic E-state index is 14.1. The molecule has 4 aromatic rings. The molecule has 8 unspecified atom stereocenters. The zero-order valence-corrected chi connectivity index (χ0v) is 41.3. The van der Waals surface area contributed by atoms with E-state index in [1.807, 2.05) is 30.3 Å². The molecule has 20 heteroatoms. The summed E-state index contributed by atoms with van der Waals surface area (Å²) in [6.45, 7) is 0.348. The number of methoxy groups -OCH3 is 1. The summed E-state index contributed by atoms with van der Waals surface area (Å²) in [5, 5.41) is 64.8. The van der Waals surface area contributed by atoms with Crippen LogP contribution in [0.15, 0.2) is 72.8 Å². The number of carbonyl (C=O) groups excluding carboxylic acids is 7. The number of rotatable bonds is 21. The van der Waals surface area contributed by atoms with Crippen LogP contribution in [-0.2, 0) is 52.8 Å². The van der Waals surface area contributed by atoms with Crippen molar-refractivity contribution in [2.75, 3.05) is 25.6 Å². The van der Waals surface area contributed by atoms with Crippen molar-refractivity contribution in [3.63, 3.8) is 0 Å². The molecule has 1 heterocycles. The van der Waals surface area contributed by atoms with E-state index in [-0.39, 0.29) is 67.6 Å². The Hall–Kier alpha value is -7.51. The number of benzene rings is 4. The van der Waals surface area contributed by atoms with E-state index in [0.29, 0.717) is 30.6 Å². The normalized spacial score (nSPS) is 21.5. The number of hydrogen-bond donors (Lipinski definition) is 9. The van der Waals surface area contributed by atoms with Gasteiger partial charge >= 0.3 is 6.09 Å². The lowest BCUT2D eigenvalue weighted by molar-refractivity contribution is -0.266. The van der Waals surface area contributed by atoms with Crippen LogP contribution in [0.5, 0.6) is 17.2 Å². The topological polar surface area (TPSA) is 320 Å². The molecule has 1 fully saturated rings. The zero-order valence-electron chi connectivity index (χ0n) is 41.3. The van der Waals surface area contributed by atoms with Crippen LogP contribution in [0.3, 0.4) is 0 Å². The number of amides is 3. The van der Waals surface area contributed by atoms with Gasteiger partial charge in [0, 0.05) is 41.6 Å². The van der Waals surface area contributed by atoms with Crippen LogP contribution >= 0.6 is 0 Å². The summed E-state index contributed by atoms with van der Waals surface area (Å²) in [7, 11) is 1.28. The monoisotopic (exact) mass is 1030 g/mol. The number of nitrogens with two attached hydrogens (primary N) is 1. The molecule has 0 spiro atoms. The molecule has 4 aromatic carbocycles. The van der Waals surface area contributed by atoms with Gasteiger partial charge in [-0.15, -0.1) is 12.3 Å². The van der Waals surface area contributed by atoms with Gasteiger partial charge in [-0.25, -0.2) is 4.79 Å². The Kier molecular flexibility index (Phi) is 17.8. The number of fused-ring (bicyclic) bond motifs is 3. The van der Waals surface area contributed by atoms with Crippen molar-refractivity contribution in [1.29, 1.82) is 0 Å². The van der Waals surface area contributed by atoms with Gasteiger partial charge < -0.3 is 66.2 Å². The number of alkyl carbamates (subject to hydrolysis) is 1. The molecule has 0 bridgehead atoms. The summed E-state index contributed by atoms with van der Waals surface area (Å²) < 4.78 is 23.0. The number of nitrogens with one attached hydrogen (secondary N) is 3. The number of Topliss-reactive ketones (excluding diaryl/α,β-unsaturated/α-hetero) is 2. The molecule has 2 aliphatic carbocycles. The van der Waals surface area contributed by atoms with Gasteiger partial charge in [0.1, 0.15) is 42.7 Å². The molecule has 3 amide bonds. The molecule has 1 aliphatic heterocycles. The van der Waals surface area contributed by atoms with Gasteiger partial charge in [-0.05, 0) is 74.9 Å². The molecule has 1 saturated heterocycles. The predicted molar refractivity (Wildman–Crippen MR) is 268 cm³/mol. The fourth-order valence-electron chi connectivity index (χ4n) is 9.80. The molecule has 3 aliphatic rings. The first kappa shape index (κ1) is 55.2. The Morgan fingerprint density at radius 2 is 1.65 bits per heavy atom. The van der Waals surface area contributed by atoms with Crippen LogP contribution in [0.2, 0.25) is 0 Å². The van der Waals surface area contributed by atoms with Crippen molar-refractivity contribution in [2.24, 2.45) is 11.7 Å². The highest BCUT2D eigenvalue weighted by Crippen LogP contribution is 2.53. The molecule has 7 rings (SSSR count). The first-order valence-electron chi connectivity index (χ1n) is 24.5. The summed E-state index contributed by atoms with van der Waals surface area (Å²) in [6.07, 6.45) is -1.05. The summed E-state index contributed by atoms with van der Waals surface area (Å²) >= 11 is 0. The van der Waals surface area contributed by atoms with Crippen molar-refractivity contribution in [3.05, 3.63) is 117 Å². The summed E-state index contributed by atoms with van der Waals surface area (Å²) in [5.41, 5.74) is 2.80. The van der Waals surface area contributed by atoms with E-state index in [4.69, 9.17) is 31.1 Å². The SMILES string of the molecule is C#CCCC(=O)NC(Cc1ccccc1)C(=O)C(CCCCN)C(=O)Nc1ccc(COC(=O)NC2CC(OC3c4c(O)c5c(c(O)c4CCC3(O)C(=O)CO)C(=O)c3cccc(OC)c3C5=O)OC(C)C2O)cc1. The van der Waals surface area contributed by atoms with Gasteiger partial charge in [-0.1, -0.05) is 61.0 Å². The number of hydrogen-bond acceptors (Lipinski definition) is 17. The Morgan fingerprint density at radius 3 is 2.33 bits per heavy atom. The number of phenols is 2. The second-order valence-corrected chi connectivity index (χ2v) is 18.7. The van der Waals surface area contributed by atoms with Gasteiger partial charge in [0.2, 0.25) is 17.6 Å². The smallest absolute Gasteiger partial charge is 0.407 e. The molecule has 0 radical (unpaired) electrons. The van der Waals surface area contributed by atoms with Gasteiger partial charge in [0.25, 0.3) is 0 Å². The number of ether oxygens (including phenoxy) is 4. The number of aliphatic hydroxyl groups excluding tert-OH is 2. The first-order chi connectivity index (χ1) is 35.9. The van der Waals surface area contributed by atoms with E-state index in [2.05, 4.69) is 21.9 Å². The maximum Gasteiger partial charge on any atom is 0.407 e. The Balaban J connectivity index is 1.03. The maximum absolute atomic E-state index is 14.1. The average Bonchev–Trinajstić information content (AvgIpc) is 3.42. The molecular weight excluding hydrogens is 973 g/mol. The number of ketones is 4. The minimum atomic E-state index is -2.59. The highest BCUT2D eigenvalue weighted by molar-refractivity contribution is 6.31. The standard InChI is InChI=1S/C55H60N4O16/c1-4-5-17-40(62)58-36(25-30-12-7-6-8-13-30)47(64)35(14-9-10-24-56)53(69)57-32-20-18-31(19-21-32)28-73-54(70)59-37-26-41(74-29(2)46(37)63)75-52-43-34(22-23-55(52,71)39(61)27-60)49(66)44-45(51(43)68)50(67)42-33(48(44)65)15-11-16-38(42)72-3/h1,6-8,11-13,15-16,18-21,29,35-37,41,46,52,60,63,66,68,71H,5,9-10,14,17,22-28,56H2,2-3H3,(H,57,69)(H,58,62)(H,59,70). The summed E-state index contributed by atoms with van der Waals surface area (Å²) in [4.78, 5) is 95.3. The minimum Gasteiger partial charge on any atom is -0.507 e. The van der Waals surface area contributed by atoms with Crippen molar-refractivity contribution < 1.29 is 78.0 Å². The number of aliphatic hydroxyl groups is 3. The molecule has 0 saturated carbocycles. The lowest BCUT2D eigenvalue weighted by atomic mass is 9.71. The summed E-state index contributed by atoms with van der Waals surface area (Å²) in [6, 6.07) is 17.5. The number of terminal acetylenes is 1. The fraction of sp³-hybridized carbons (Fsp3) is 0.400. The largest absolute Gasteiger partial charge is 0.507 e. The van der Waals surface area contributed by atoms with E-state index in [0.717, 1.165) is 5.56 Å². The lowest BCUT2D eigenvalue weighted by Crippen LogP contribution is -2.57. The first-order valence-corrected chi connectivity index (χ1v) is 24.5. The third-order valence-electron chi connectivity index (χ3n) is 13.8. The molecule has 396 valence electrons. The van der Waals surface area contributed by atoms with E-state index >= 15 is 0 Å². The molecule has 75 heavy (non-hydrogen) atoms. The molecule has 10 N–H and O–H groups in total. The number of carbonyl (C=O) groups is 7. The van der Waals surface area contributed by atoms with Crippen LogP contribution in [0, 0.1) is 18.3 Å². The van der Waals surface area contributed by atoms with E-state index in [9.17, 15) is 59.1 Å². The fourth-order valence-corrected chi connectivity index (χ4v) is 9.80. The van der Waals surface area contributed by atoms with Crippen molar-refractivity contribution in [3.8, 4) is 29.6 Å². The quantitative estimate of drug-likeness (QED) is 0.0220. The molecule has 8 atom stereocenters. The molecular formula is C55H60N4O16. The van der Waals surface area contributed by atoms with Gasteiger partial charge in [0.15, 0.2) is 29.2 Å². The number of anilines is 1. The molecule has 0 aromatic heterocycles. The van der Waals surface area contributed by atoms with Crippen LogP contribution in [-0.4, -0.2) is 123 Å². The highest BCUT2D eigenvalue weighted by atomic mass is 16.7. The Labute approximate surface area is 431 Å². The lowest BCUT2D eigenvalue weighted by Gasteiger charge is -2.44. The van der Waals surface area contributed by atoms with Crippen LogP contribution < -0.4 is 26.4 Å². The molecule has 20 nitrogen and oxygen atoms in total. The van der Waals surface area contributed by atoms with Crippen LogP contribution in [0.1, 0.15) is 112 Å². The van der Waals surface area contributed by atoms with Gasteiger partial charge in [0.05, 0.1) is 47.9 Å².